The molecule has 3 N–H and O–H groups in total. The molecule has 0 aliphatic rings. The number of nitrogens with zero attached hydrogens (tertiary/aromatic N) is 2. The highest BCUT2D eigenvalue weighted by atomic mass is 16.3. The third-order valence-electron chi connectivity index (χ3n) is 1.94. The van der Waals surface area contributed by atoms with Crippen LogP contribution in [0.3, 0.4) is 0 Å². The van der Waals surface area contributed by atoms with Crippen LogP contribution in [0.15, 0.2) is 41.6 Å². The van der Waals surface area contributed by atoms with Crippen molar-refractivity contribution in [2.24, 2.45) is 5.84 Å². The molecule has 2 aromatic rings. The van der Waals surface area contributed by atoms with Crippen LogP contribution in [-0.2, 0) is 0 Å². The van der Waals surface area contributed by atoms with Gasteiger partial charge in [0.1, 0.15) is 6.33 Å². The van der Waals surface area contributed by atoms with Gasteiger partial charge in [-0.1, -0.05) is 0 Å². The van der Waals surface area contributed by atoms with Gasteiger partial charge in [0, 0.05) is 11.8 Å². The van der Waals surface area contributed by atoms with Crippen molar-refractivity contribution in [3.05, 3.63) is 48.4 Å². The molecule has 0 fully saturated rings. The first-order chi connectivity index (χ1) is 6.92. The van der Waals surface area contributed by atoms with E-state index in [9.17, 15) is 0 Å². The summed E-state index contributed by atoms with van der Waals surface area (Å²) in [6.45, 7) is 0. The average Bonchev–Trinajstić information content (AvgIpc) is 2.74. The van der Waals surface area contributed by atoms with Gasteiger partial charge < -0.3 is 4.42 Å². The highest BCUT2D eigenvalue weighted by molar-refractivity contribution is 5.22. The predicted octanol–water partition coefficient (Wildman–Crippen LogP) is 0.622. The van der Waals surface area contributed by atoms with E-state index >= 15 is 0 Å². The summed E-state index contributed by atoms with van der Waals surface area (Å²) >= 11 is 0. The first-order valence-electron chi connectivity index (χ1n) is 4.16. The van der Waals surface area contributed by atoms with Gasteiger partial charge in [0.15, 0.2) is 0 Å². The monoisotopic (exact) mass is 190 g/mol. The summed E-state index contributed by atoms with van der Waals surface area (Å²) in [7, 11) is 0. The fraction of sp³-hybridized carbons (Fsp3) is 0.111. The lowest BCUT2D eigenvalue weighted by Gasteiger charge is -2.12. The number of hydrazine groups is 1. The SMILES string of the molecule is NNC(c1ccoc1)c1ccncn1. The van der Waals surface area contributed by atoms with Crippen LogP contribution in [-0.4, -0.2) is 9.97 Å². The number of rotatable bonds is 3. The van der Waals surface area contributed by atoms with Crippen LogP contribution in [0, 0.1) is 0 Å². The van der Waals surface area contributed by atoms with Crippen molar-refractivity contribution in [1.82, 2.24) is 15.4 Å². The zero-order valence-electron chi connectivity index (χ0n) is 7.42. The van der Waals surface area contributed by atoms with Gasteiger partial charge in [0.2, 0.25) is 0 Å². The second-order valence-electron chi connectivity index (χ2n) is 2.79. The van der Waals surface area contributed by atoms with Crippen molar-refractivity contribution in [2.75, 3.05) is 0 Å². The van der Waals surface area contributed by atoms with Gasteiger partial charge in [0.05, 0.1) is 24.3 Å². The summed E-state index contributed by atoms with van der Waals surface area (Å²) in [6.07, 6.45) is 6.39. The van der Waals surface area contributed by atoms with E-state index in [1.165, 1.54) is 6.33 Å². The number of nitrogens with one attached hydrogen (secondary N) is 1. The lowest BCUT2D eigenvalue weighted by molar-refractivity contribution is 0.550. The minimum Gasteiger partial charge on any atom is -0.472 e. The number of aromatic nitrogens is 2. The van der Waals surface area contributed by atoms with Crippen LogP contribution in [0.5, 0.6) is 0 Å². The van der Waals surface area contributed by atoms with Gasteiger partial charge in [-0.2, -0.15) is 0 Å². The van der Waals surface area contributed by atoms with Crippen molar-refractivity contribution in [3.8, 4) is 0 Å². The minimum atomic E-state index is -0.156. The third-order valence-corrected chi connectivity index (χ3v) is 1.94. The molecule has 0 aliphatic heterocycles. The summed E-state index contributed by atoms with van der Waals surface area (Å²) in [5.41, 5.74) is 4.42. The first-order valence-corrected chi connectivity index (χ1v) is 4.16. The van der Waals surface area contributed by atoms with Gasteiger partial charge in [-0.25, -0.2) is 15.4 Å². The van der Waals surface area contributed by atoms with E-state index in [-0.39, 0.29) is 6.04 Å². The van der Waals surface area contributed by atoms with E-state index < -0.39 is 0 Å². The molecule has 14 heavy (non-hydrogen) atoms. The number of hydrogen-bond acceptors (Lipinski definition) is 5. The molecule has 0 bridgehead atoms. The van der Waals surface area contributed by atoms with Crippen LogP contribution >= 0.6 is 0 Å². The smallest absolute Gasteiger partial charge is 0.115 e. The standard InChI is InChI=1S/C9H10N4O/c10-13-9(7-2-4-14-5-7)8-1-3-11-6-12-8/h1-6,9,13H,10H2. The Bertz CT molecular complexity index is 373. The van der Waals surface area contributed by atoms with Crippen molar-refractivity contribution in [2.45, 2.75) is 6.04 Å². The predicted molar refractivity (Wildman–Crippen MR) is 49.9 cm³/mol. The van der Waals surface area contributed by atoms with Crippen molar-refractivity contribution in [1.29, 1.82) is 0 Å². The van der Waals surface area contributed by atoms with Gasteiger partial charge in [0.25, 0.3) is 0 Å². The normalized spacial score (nSPS) is 12.6. The quantitative estimate of drug-likeness (QED) is 0.548. The molecule has 0 radical (unpaired) electrons. The summed E-state index contributed by atoms with van der Waals surface area (Å²) < 4.78 is 4.98. The molecule has 2 aromatic heterocycles. The number of furan rings is 1. The average molecular weight is 190 g/mol. The van der Waals surface area contributed by atoms with Crippen LogP contribution in [0.2, 0.25) is 0 Å². The van der Waals surface area contributed by atoms with Crippen molar-refractivity contribution >= 4 is 0 Å². The van der Waals surface area contributed by atoms with Crippen molar-refractivity contribution < 1.29 is 4.42 Å². The molecule has 0 aliphatic carbocycles. The second kappa shape index (κ2) is 3.99. The summed E-state index contributed by atoms with van der Waals surface area (Å²) in [6, 6.07) is 3.49. The zero-order chi connectivity index (χ0) is 9.80. The molecule has 0 amide bonds. The van der Waals surface area contributed by atoms with Gasteiger partial charge in [-0.15, -0.1) is 0 Å². The van der Waals surface area contributed by atoms with Crippen LogP contribution < -0.4 is 11.3 Å². The maximum Gasteiger partial charge on any atom is 0.115 e. The maximum atomic E-state index is 5.44. The molecule has 0 saturated heterocycles. The van der Waals surface area contributed by atoms with Gasteiger partial charge in [-0.05, 0) is 12.1 Å². The highest BCUT2D eigenvalue weighted by Crippen LogP contribution is 2.18. The Labute approximate surface area is 80.9 Å². The Morgan fingerprint density at radius 2 is 2.36 bits per heavy atom. The molecule has 0 spiro atoms. The lowest BCUT2D eigenvalue weighted by Crippen LogP contribution is -2.29. The van der Waals surface area contributed by atoms with E-state index in [1.54, 1.807) is 24.8 Å². The largest absolute Gasteiger partial charge is 0.472 e. The van der Waals surface area contributed by atoms with Crippen LogP contribution in [0.25, 0.3) is 0 Å². The fourth-order valence-corrected chi connectivity index (χ4v) is 1.26. The molecule has 5 nitrogen and oxygen atoms in total. The lowest BCUT2D eigenvalue weighted by atomic mass is 10.1. The van der Waals surface area contributed by atoms with E-state index in [2.05, 4.69) is 15.4 Å². The van der Waals surface area contributed by atoms with Crippen LogP contribution in [0.1, 0.15) is 17.3 Å². The molecule has 2 rings (SSSR count). The van der Waals surface area contributed by atoms with E-state index in [1.807, 2.05) is 6.07 Å². The Kier molecular flexibility index (Phi) is 2.53. The van der Waals surface area contributed by atoms with E-state index in [4.69, 9.17) is 10.3 Å². The summed E-state index contributed by atoms with van der Waals surface area (Å²) in [4.78, 5) is 7.95. The minimum absolute atomic E-state index is 0.156. The van der Waals surface area contributed by atoms with Gasteiger partial charge >= 0.3 is 0 Å². The van der Waals surface area contributed by atoms with E-state index in [0.717, 1.165) is 11.3 Å². The Balaban J connectivity index is 2.31. The zero-order valence-corrected chi connectivity index (χ0v) is 7.42. The molecular formula is C9H10N4O. The molecule has 0 aromatic carbocycles. The molecule has 1 unspecified atom stereocenters. The summed E-state index contributed by atoms with van der Waals surface area (Å²) in [5.74, 6) is 5.44. The molecule has 2 heterocycles. The molecule has 1 atom stereocenters. The number of nitrogens with two attached hydrogens (primary N) is 1. The molecule has 72 valence electrons. The third kappa shape index (κ3) is 1.63. The van der Waals surface area contributed by atoms with Crippen molar-refractivity contribution in [3.63, 3.8) is 0 Å². The second-order valence-corrected chi connectivity index (χ2v) is 2.79. The summed E-state index contributed by atoms with van der Waals surface area (Å²) in [5, 5.41) is 0. The van der Waals surface area contributed by atoms with E-state index in [0.29, 0.717) is 0 Å². The Morgan fingerprint density at radius 1 is 1.43 bits per heavy atom. The number of hydrogen-bond donors (Lipinski definition) is 2. The molecule has 0 saturated carbocycles. The topological polar surface area (TPSA) is 77.0 Å². The molecule has 5 heteroatoms. The fourth-order valence-electron chi connectivity index (χ4n) is 1.26. The molecular weight excluding hydrogens is 180 g/mol. The maximum absolute atomic E-state index is 5.44. The highest BCUT2D eigenvalue weighted by Gasteiger charge is 2.13. The Morgan fingerprint density at radius 3 is 2.93 bits per heavy atom. The first kappa shape index (κ1) is 8.86. The van der Waals surface area contributed by atoms with Gasteiger partial charge in [-0.3, -0.25) is 5.84 Å². The van der Waals surface area contributed by atoms with Crippen LogP contribution in [0.4, 0.5) is 0 Å². The Hall–Kier alpha value is -1.72.